The van der Waals surface area contributed by atoms with Gasteiger partial charge in [-0.25, -0.2) is 0 Å². The molecule has 0 unspecified atom stereocenters. The van der Waals surface area contributed by atoms with Crippen molar-refractivity contribution < 1.29 is 16.8 Å². The molecule has 6 heteroatoms. The Morgan fingerprint density at radius 3 is 0.850 bits per heavy atom. The number of benzene rings is 6. The second kappa shape index (κ2) is 9.37. The van der Waals surface area contributed by atoms with Gasteiger partial charge in [0.05, 0.1) is 0 Å². The number of fused-ring (bicyclic) bond motifs is 1. The monoisotopic (exact) mass is 572 g/mol. The summed E-state index contributed by atoms with van der Waals surface area (Å²) < 4.78 is 72.5. The van der Waals surface area contributed by atoms with Gasteiger partial charge < -0.3 is 0 Å². The van der Waals surface area contributed by atoms with Gasteiger partial charge >= 0.3 is 232 Å². The van der Waals surface area contributed by atoms with Crippen LogP contribution >= 0.6 is 14.4 Å². The molecule has 0 aromatic heterocycles. The summed E-state index contributed by atoms with van der Waals surface area (Å²) in [5.41, 5.74) is 0. The first-order valence-corrected chi connectivity index (χ1v) is 16.9. The van der Waals surface area contributed by atoms with Gasteiger partial charge in [0.25, 0.3) is 0 Å². The Morgan fingerprint density at radius 2 is 0.575 bits per heavy atom. The molecule has 0 aliphatic rings. The number of halogens is 4. The number of hydrogen-bond acceptors (Lipinski definition) is 0. The van der Waals surface area contributed by atoms with Gasteiger partial charge in [0.1, 0.15) is 0 Å². The van der Waals surface area contributed by atoms with Crippen LogP contribution in [0.3, 0.4) is 0 Å². The van der Waals surface area contributed by atoms with Gasteiger partial charge in [-0.1, -0.05) is 0 Å². The van der Waals surface area contributed by atoms with E-state index < -0.39 is 14.4 Å². The van der Waals surface area contributed by atoms with Gasteiger partial charge in [-0.2, -0.15) is 0 Å². The first-order chi connectivity index (χ1) is 19.2. The van der Waals surface area contributed by atoms with Crippen LogP contribution in [0.2, 0.25) is 0 Å². The summed E-state index contributed by atoms with van der Waals surface area (Å²) in [6.07, 6.45) is 0. The van der Waals surface area contributed by atoms with Gasteiger partial charge in [0, 0.05) is 0 Å². The molecule has 0 atom stereocenters. The molecule has 0 fully saturated rings. The van der Waals surface area contributed by atoms with E-state index in [1.54, 1.807) is 97.1 Å². The van der Waals surface area contributed by atoms with Gasteiger partial charge in [-0.05, 0) is 0 Å². The van der Waals surface area contributed by atoms with Crippen molar-refractivity contribution in [2.24, 2.45) is 0 Å². The zero-order chi connectivity index (χ0) is 27.9. The molecule has 6 rings (SSSR count). The van der Waals surface area contributed by atoms with Crippen LogP contribution in [0.25, 0.3) is 10.8 Å². The normalized spacial score (nSPS) is 14.1. The molecule has 6 aromatic carbocycles. The minimum atomic E-state index is -6.22. The molecule has 40 heavy (non-hydrogen) atoms. The molecule has 0 bridgehead atoms. The van der Waals surface area contributed by atoms with Crippen LogP contribution in [0.4, 0.5) is 16.8 Å². The van der Waals surface area contributed by atoms with Crippen LogP contribution in [0.5, 0.6) is 0 Å². The summed E-state index contributed by atoms with van der Waals surface area (Å²) in [6, 6.07) is 39.6. The zero-order valence-electron chi connectivity index (χ0n) is 21.4. The van der Waals surface area contributed by atoms with Crippen molar-refractivity contribution in [3.05, 3.63) is 158 Å². The maximum absolute atomic E-state index is 18.1. The fourth-order valence-electron chi connectivity index (χ4n) is 5.57. The molecule has 0 aliphatic heterocycles. The van der Waals surface area contributed by atoms with Crippen molar-refractivity contribution in [1.82, 2.24) is 0 Å². The Morgan fingerprint density at radius 1 is 0.300 bits per heavy atom. The standard InChI is InChI=1S/C34H26F4P2/c35-39(36,28-17-5-1-6-18-28,29-19-7-2-8-20-29)32-25-13-15-27-16-14-26-33(34(27)32)40(37,38,30-21-9-3-10-22-30)31-23-11-4-12-24-31/h1-26H. The van der Waals surface area contributed by atoms with Crippen LogP contribution in [0.1, 0.15) is 0 Å². The topological polar surface area (TPSA) is 0 Å². The maximum atomic E-state index is 18.1. The predicted octanol–water partition coefficient (Wildman–Crippen LogP) is 8.04. The summed E-state index contributed by atoms with van der Waals surface area (Å²) in [6.45, 7) is 0. The Labute approximate surface area is 231 Å². The quantitative estimate of drug-likeness (QED) is 0.140. The summed E-state index contributed by atoms with van der Waals surface area (Å²) in [7, 11) is -12.4. The average molecular weight is 573 g/mol. The van der Waals surface area contributed by atoms with Crippen molar-refractivity contribution in [2.45, 2.75) is 0 Å². The van der Waals surface area contributed by atoms with E-state index in [1.807, 2.05) is 0 Å². The Balaban J connectivity index is 1.82. The molecule has 0 amide bonds. The van der Waals surface area contributed by atoms with E-state index in [4.69, 9.17) is 0 Å². The van der Waals surface area contributed by atoms with E-state index in [0.717, 1.165) is 0 Å². The minimum absolute atomic E-state index is 0.0873. The fourth-order valence-corrected chi connectivity index (χ4v) is 12.1. The van der Waals surface area contributed by atoms with Crippen LogP contribution in [0.15, 0.2) is 158 Å². The molecule has 0 aliphatic carbocycles. The molecule has 6 aromatic rings. The molecule has 0 heterocycles. The van der Waals surface area contributed by atoms with Gasteiger partial charge in [0.15, 0.2) is 0 Å². The molecule has 0 saturated carbocycles. The molecule has 0 spiro atoms. The van der Waals surface area contributed by atoms with Crippen LogP contribution in [-0.4, -0.2) is 0 Å². The van der Waals surface area contributed by atoms with E-state index in [-0.39, 0.29) is 37.2 Å². The van der Waals surface area contributed by atoms with Crippen molar-refractivity contribution in [3.63, 3.8) is 0 Å². The predicted molar refractivity (Wildman–Crippen MR) is 166 cm³/mol. The third-order valence-corrected chi connectivity index (χ3v) is 14.8. The van der Waals surface area contributed by atoms with Crippen LogP contribution in [0, 0.1) is 0 Å². The van der Waals surface area contributed by atoms with Crippen molar-refractivity contribution >= 4 is 57.0 Å². The van der Waals surface area contributed by atoms with Crippen molar-refractivity contribution in [2.75, 3.05) is 0 Å². The SMILES string of the molecule is FP(F)(c1ccccc1)(c1ccccc1)c1cccc2cccc(P(F)(F)(c3ccccc3)c3ccccc3)c12. The van der Waals surface area contributed by atoms with Crippen LogP contribution < -0.4 is 31.8 Å². The first kappa shape index (κ1) is 26.4. The Bertz CT molecular complexity index is 1590. The van der Waals surface area contributed by atoms with E-state index in [9.17, 15) is 0 Å². The molecule has 0 radical (unpaired) electrons. The molecular formula is C34H26F4P2. The van der Waals surface area contributed by atoms with Crippen LogP contribution in [-0.2, 0) is 0 Å². The second-order valence-electron chi connectivity index (χ2n) is 9.81. The van der Waals surface area contributed by atoms with E-state index in [0.29, 0.717) is 5.39 Å². The average Bonchev–Trinajstić information content (AvgIpc) is 3.02. The molecule has 0 N–H and O–H groups in total. The van der Waals surface area contributed by atoms with Crippen molar-refractivity contribution in [1.29, 1.82) is 0 Å². The summed E-state index contributed by atoms with van der Waals surface area (Å²) in [5, 5.41) is -1.11. The summed E-state index contributed by atoms with van der Waals surface area (Å²) in [5.74, 6) is 0. The third-order valence-electron chi connectivity index (χ3n) is 7.55. The third kappa shape index (κ3) is 3.74. The van der Waals surface area contributed by atoms with E-state index >= 15 is 16.8 Å². The van der Waals surface area contributed by atoms with Gasteiger partial charge in [-0.3, -0.25) is 0 Å². The van der Waals surface area contributed by atoms with Gasteiger partial charge in [0.2, 0.25) is 0 Å². The summed E-state index contributed by atoms with van der Waals surface area (Å²) in [4.78, 5) is 0. The Kier molecular flexibility index (Phi) is 6.18. The molecular weight excluding hydrogens is 546 g/mol. The number of rotatable bonds is 6. The Hall–Kier alpha value is -3.84. The second-order valence-corrected chi connectivity index (χ2v) is 16.5. The number of hydrogen-bond donors (Lipinski definition) is 0. The molecule has 0 saturated heterocycles. The van der Waals surface area contributed by atoms with Crippen molar-refractivity contribution in [3.8, 4) is 0 Å². The summed E-state index contributed by atoms with van der Waals surface area (Å²) >= 11 is 0. The first-order valence-electron chi connectivity index (χ1n) is 12.9. The van der Waals surface area contributed by atoms with E-state index in [2.05, 4.69) is 0 Å². The van der Waals surface area contributed by atoms with E-state index in [1.165, 1.54) is 60.7 Å². The molecule has 0 nitrogen and oxygen atoms in total. The molecule has 200 valence electrons. The zero-order valence-corrected chi connectivity index (χ0v) is 23.2. The fraction of sp³-hybridized carbons (Fsp3) is 0. The van der Waals surface area contributed by atoms with Gasteiger partial charge in [-0.15, -0.1) is 0 Å².